The van der Waals surface area contributed by atoms with Crippen molar-refractivity contribution in [3.63, 3.8) is 0 Å². The molecule has 3 rings (SSSR count). The Labute approximate surface area is 159 Å². The van der Waals surface area contributed by atoms with Crippen LogP contribution in [-0.2, 0) is 6.61 Å². The van der Waals surface area contributed by atoms with Crippen LogP contribution in [-0.4, -0.2) is 17.5 Å². The molecule has 0 saturated carbocycles. The summed E-state index contributed by atoms with van der Waals surface area (Å²) in [5, 5.41) is 2.91. The Balaban J connectivity index is 1.70. The van der Waals surface area contributed by atoms with Crippen LogP contribution >= 0.6 is 0 Å². The van der Waals surface area contributed by atoms with Crippen LogP contribution in [0, 0.1) is 6.92 Å². The van der Waals surface area contributed by atoms with E-state index in [1.54, 1.807) is 30.6 Å². The normalized spacial score (nSPS) is 10.3. The van der Waals surface area contributed by atoms with Gasteiger partial charge in [0.25, 0.3) is 5.91 Å². The van der Waals surface area contributed by atoms with Crippen LogP contribution in [0.3, 0.4) is 0 Å². The molecule has 27 heavy (non-hydrogen) atoms. The summed E-state index contributed by atoms with van der Waals surface area (Å²) in [6, 6.07) is 16.6. The van der Waals surface area contributed by atoms with Gasteiger partial charge in [0.05, 0.1) is 12.3 Å². The van der Waals surface area contributed by atoms with Crippen molar-refractivity contribution in [3.05, 3.63) is 83.7 Å². The Morgan fingerprint density at radius 1 is 1.07 bits per heavy atom. The minimum absolute atomic E-state index is 0.216. The van der Waals surface area contributed by atoms with Crippen molar-refractivity contribution < 1.29 is 14.3 Å². The molecule has 3 aromatic rings. The van der Waals surface area contributed by atoms with Crippen LogP contribution in [0.2, 0.25) is 0 Å². The number of amides is 1. The van der Waals surface area contributed by atoms with Gasteiger partial charge < -0.3 is 14.8 Å². The van der Waals surface area contributed by atoms with E-state index in [-0.39, 0.29) is 5.91 Å². The zero-order chi connectivity index (χ0) is 19.1. The molecule has 2 aromatic carbocycles. The Morgan fingerprint density at radius 2 is 1.96 bits per heavy atom. The largest absolute Gasteiger partial charge is 0.492 e. The fourth-order valence-corrected chi connectivity index (χ4v) is 2.58. The molecule has 138 valence electrons. The molecule has 1 heterocycles. The Kier molecular flexibility index (Phi) is 6.05. The number of hydrogen-bond acceptors (Lipinski definition) is 4. The first kappa shape index (κ1) is 18.5. The second-order valence-corrected chi connectivity index (χ2v) is 6.06. The quantitative estimate of drug-likeness (QED) is 0.666. The van der Waals surface area contributed by atoms with E-state index in [0.717, 1.165) is 11.1 Å². The van der Waals surface area contributed by atoms with Crippen LogP contribution in [0.1, 0.15) is 28.4 Å². The third kappa shape index (κ3) is 5.07. The Hall–Kier alpha value is -3.34. The summed E-state index contributed by atoms with van der Waals surface area (Å²) < 4.78 is 11.4. The fraction of sp³-hybridized carbons (Fsp3) is 0.182. The number of aromatic nitrogens is 1. The summed E-state index contributed by atoms with van der Waals surface area (Å²) in [4.78, 5) is 16.7. The highest BCUT2D eigenvalue weighted by Gasteiger charge is 2.11. The van der Waals surface area contributed by atoms with Crippen molar-refractivity contribution in [3.8, 4) is 11.5 Å². The van der Waals surface area contributed by atoms with Gasteiger partial charge in [-0.1, -0.05) is 18.2 Å². The highest BCUT2D eigenvalue weighted by molar-refractivity contribution is 6.05. The van der Waals surface area contributed by atoms with Gasteiger partial charge in [0, 0.05) is 23.5 Å². The number of carbonyl (C=O) groups is 1. The lowest BCUT2D eigenvalue weighted by Gasteiger charge is -2.13. The van der Waals surface area contributed by atoms with E-state index in [1.807, 2.05) is 50.2 Å². The van der Waals surface area contributed by atoms with Crippen molar-refractivity contribution in [1.82, 2.24) is 4.98 Å². The van der Waals surface area contributed by atoms with Crippen LogP contribution in [0.4, 0.5) is 5.69 Å². The molecule has 0 bridgehead atoms. The van der Waals surface area contributed by atoms with Gasteiger partial charge in [0.2, 0.25) is 0 Å². The van der Waals surface area contributed by atoms with E-state index in [9.17, 15) is 4.79 Å². The predicted molar refractivity (Wildman–Crippen MR) is 105 cm³/mol. The molecule has 0 unspecified atom stereocenters. The maximum Gasteiger partial charge on any atom is 0.255 e. The lowest BCUT2D eigenvalue weighted by molar-refractivity contribution is 0.102. The van der Waals surface area contributed by atoms with Gasteiger partial charge in [-0.3, -0.25) is 9.78 Å². The van der Waals surface area contributed by atoms with Gasteiger partial charge in [0.1, 0.15) is 18.1 Å². The van der Waals surface area contributed by atoms with E-state index >= 15 is 0 Å². The van der Waals surface area contributed by atoms with E-state index in [2.05, 4.69) is 10.3 Å². The first-order valence-corrected chi connectivity index (χ1v) is 8.82. The number of pyridine rings is 1. The number of nitrogens with one attached hydrogen (secondary N) is 1. The number of aryl methyl sites for hydroxylation is 1. The van der Waals surface area contributed by atoms with Gasteiger partial charge in [0.15, 0.2) is 0 Å². The maximum absolute atomic E-state index is 12.6. The van der Waals surface area contributed by atoms with Crippen molar-refractivity contribution in [2.45, 2.75) is 20.5 Å². The maximum atomic E-state index is 12.6. The zero-order valence-corrected chi connectivity index (χ0v) is 15.4. The molecule has 0 aliphatic rings. The summed E-state index contributed by atoms with van der Waals surface area (Å²) in [6.45, 7) is 4.82. The third-order valence-electron chi connectivity index (χ3n) is 3.91. The summed E-state index contributed by atoms with van der Waals surface area (Å²) in [6.07, 6.45) is 3.47. The smallest absolute Gasteiger partial charge is 0.255 e. The molecule has 5 nitrogen and oxygen atoms in total. The second kappa shape index (κ2) is 8.85. The van der Waals surface area contributed by atoms with Gasteiger partial charge >= 0.3 is 0 Å². The number of carbonyl (C=O) groups excluding carboxylic acids is 1. The minimum Gasteiger partial charge on any atom is -0.492 e. The molecule has 1 amide bonds. The van der Waals surface area contributed by atoms with Crippen LogP contribution in [0.5, 0.6) is 11.5 Å². The molecule has 0 atom stereocenters. The SMILES string of the molecule is CCOc1cc(C)ccc1NC(=O)c1cccc(OCc2cccnc2)c1. The number of hydrogen-bond donors (Lipinski definition) is 1. The second-order valence-electron chi connectivity index (χ2n) is 6.06. The van der Waals surface area contributed by atoms with E-state index < -0.39 is 0 Å². The summed E-state index contributed by atoms with van der Waals surface area (Å²) >= 11 is 0. The fourth-order valence-electron chi connectivity index (χ4n) is 2.58. The molecule has 0 saturated heterocycles. The summed E-state index contributed by atoms with van der Waals surface area (Å²) in [5.74, 6) is 1.07. The molecule has 1 N–H and O–H groups in total. The number of nitrogens with zero attached hydrogens (tertiary/aromatic N) is 1. The predicted octanol–water partition coefficient (Wildman–Crippen LogP) is 4.62. The molecule has 5 heteroatoms. The van der Waals surface area contributed by atoms with Crippen molar-refractivity contribution >= 4 is 11.6 Å². The van der Waals surface area contributed by atoms with E-state index in [4.69, 9.17) is 9.47 Å². The Morgan fingerprint density at radius 3 is 2.74 bits per heavy atom. The minimum atomic E-state index is -0.216. The highest BCUT2D eigenvalue weighted by atomic mass is 16.5. The molecule has 0 aliphatic carbocycles. The van der Waals surface area contributed by atoms with E-state index in [0.29, 0.717) is 36.0 Å². The lowest BCUT2D eigenvalue weighted by Crippen LogP contribution is -2.13. The first-order chi connectivity index (χ1) is 13.2. The Bertz CT molecular complexity index is 910. The van der Waals surface area contributed by atoms with Crippen LogP contribution in [0.15, 0.2) is 67.0 Å². The molecule has 0 aliphatic heterocycles. The van der Waals surface area contributed by atoms with Crippen molar-refractivity contribution in [2.24, 2.45) is 0 Å². The van der Waals surface area contributed by atoms with E-state index in [1.165, 1.54) is 0 Å². The monoisotopic (exact) mass is 362 g/mol. The highest BCUT2D eigenvalue weighted by Crippen LogP contribution is 2.26. The average Bonchev–Trinajstić information content (AvgIpc) is 2.69. The average molecular weight is 362 g/mol. The number of benzene rings is 2. The standard InChI is InChI=1S/C22H22N2O3/c1-3-26-21-12-16(2)9-10-20(21)24-22(25)18-7-4-8-19(13-18)27-15-17-6-5-11-23-14-17/h4-14H,3,15H2,1-2H3,(H,24,25). The number of anilines is 1. The van der Waals surface area contributed by atoms with Crippen molar-refractivity contribution in [2.75, 3.05) is 11.9 Å². The summed E-state index contributed by atoms with van der Waals surface area (Å²) in [5.41, 5.74) is 3.20. The molecule has 1 aromatic heterocycles. The lowest BCUT2D eigenvalue weighted by atomic mass is 10.1. The van der Waals surface area contributed by atoms with Crippen molar-refractivity contribution in [1.29, 1.82) is 0 Å². The molecule has 0 fully saturated rings. The van der Waals surface area contributed by atoms with Gasteiger partial charge in [-0.05, 0) is 55.8 Å². The van der Waals surface area contributed by atoms with Gasteiger partial charge in [-0.2, -0.15) is 0 Å². The van der Waals surface area contributed by atoms with Crippen LogP contribution < -0.4 is 14.8 Å². The number of ether oxygens (including phenoxy) is 2. The molecular weight excluding hydrogens is 340 g/mol. The molecule has 0 radical (unpaired) electrons. The topological polar surface area (TPSA) is 60.5 Å². The van der Waals surface area contributed by atoms with Gasteiger partial charge in [-0.15, -0.1) is 0 Å². The third-order valence-corrected chi connectivity index (χ3v) is 3.91. The number of rotatable bonds is 7. The molecular formula is C22H22N2O3. The zero-order valence-electron chi connectivity index (χ0n) is 15.4. The van der Waals surface area contributed by atoms with Crippen LogP contribution in [0.25, 0.3) is 0 Å². The van der Waals surface area contributed by atoms with Gasteiger partial charge in [-0.25, -0.2) is 0 Å². The molecule has 0 spiro atoms. The summed E-state index contributed by atoms with van der Waals surface area (Å²) in [7, 11) is 0. The first-order valence-electron chi connectivity index (χ1n) is 8.82.